The fourth-order valence-electron chi connectivity index (χ4n) is 2.82. The van der Waals surface area contributed by atoms with Crippen LogP contribution in [-0.2, 0) is 16.0 Å². The molecule has 1 aliphatic heterocycles. The van der Waals surface area contributed by atoms with Crippen molar-refractivity contribution in [2.45, 2.75) is 20.3 Å². The number of rotatable bonds is 5. The van der Waals surface area contributed by atoms with Crippen molar-refractivity contribution in [3.8, 4) is 11.5 Å². The molecule has 0 aliphatic carbocycles. The molecule has 0 unspecified atom stereocenters. The number of esters is 1. The van der Waals surface area contributed by atoms with Crippen molar-refractivity contribution in [2.24, 2.45) is 0 Å². The highest BCUT2D eigenvalue weighted by Crippen LogP contribution is 2.37. The number of carbonyl (C=O) groups excluding carboxylic acids is 2. The molecular weight excluding hydrogens is 332 g/mol. The van der Waals surface area contributed by atoms with E-state index in [1.54, 1.807) is 25.1 Å². The van der Waals surface area contributed by atoms with Crippen molar-refractivity contribution < 1.29 is 23.8 Å². The SMILES string of the molecule is CCc1ccc(/C=C2\Oc3cc(OC(=O)COC)cc(C)c3C2=O)cc1. The first-order chi connectivity index (χ1) is 12.5. The molecule has 0 amide bonds. The van der Waals surface area contributed by atoms with Crippen LogP contribution < -0.4 is 9.47 Å². The van der Waals surface area contributed by atoms with E-state index in [1.165, 1.54) is 12.7 Å². The van der Waals surface area contributed by atoms with Crippen molar-refractivity contribution in [1.29, 1.82) is 0 Å². The number of hydrogen-bond donors (Lipinski definition) is 0. The van der Waals surface area contributed by atoms with Gasteiger partial charge in [-0.3, -0.25) is 4.79 Å². The molecule has 5 nitrogen and oxygen atoms in total. The zero-order chi connectivity index (χ0) is 18.7. The van der Waals surface area contributed by atoms with Gasteiger partial charge in [-0.05, 0) is 42.2 Å². The van der Waals surface area contributed by atoms with E-state index >= 15 is 0 Å². The number of carbonyl (C=O) groups is 2. The first-order valence-electron chi connectivity index (χ1n) is 8.39. The number of hydrogen-bond acceptors (Lipinski definition) is 5. The van der Waals surface area contributed by atoms with Crippen LogP contribution in [0.5, 0.6) is 11.5 Å². The average molecular weight is 352 g/mol. The van der Waals surface area contributed by atoms with Crippen LogP contribution in [0.15, 0.2) is 42.2 Å². The van der Waals surface area contributed by atoms with Crippen molar-refractivity contribution in [2.75, 3.05) is 13.7 Å². The van der Waals surface area contributed by atoms with Crippen LogP contribution in [0.2, 0.25) is 0 Å². The third-order valence-corrected chi connectivity index (χ3v) is 4.12. The summed E-state index contributed by atoms with van der Waals surface area (Å²) in [7, 11) is 1.42. The molecule has 2 aromatic carbocycles. The minimum atomic E-state index is -0.511. The summed E-state index contributed by atoms with van der Waals surface area (Å²) in [5, 5.41) is 0. The summed E-state index contributed by atoms with van der Waals surface area (Å²) in [6, 6.07) is 11.2. The lowest BCUT2D eigenvalue weighted by Crippen LogP contribution is -2.14. The summed E-state index contributed by atoms with van der Waals surface area (Å²) in [5.74, 6) is 0.291. The van der Waals surface area contributed by atoms with Crippen molar-refractivity contribution in [1.82, 2.24) is 0 Å². The van der Waals surface area contributed by atoms with E-state index in [2.05, 4.69) is 6.92 Å². The van der Waals surface area contributed by atoms with Crippen molar-refractivity contribution in [3.63, 3.8) is 0 Å². The van der Waals surface area contributed by atoms with Gasteiger partial charge in [0, 0.05) is 13.2 Å². The highest BCUT2D eigenvalue weighted by molar-refractivity contribution is 6.15. The van der Waals surface area contributed by atoms with Crippen LogP contribution in [0.1, 0.15) is 34.0 Å². The molecule has 0 saturated carbocycles. The normalized spacial score (nSPS) is 14.3. The maximum atomic E-state index is 12.7. The quantitative estimate of drug-likeness (QED) is 0.466. The summed E-state index contributed by atoms with van der Waals surface area (Å²) >= 11 is 0. The van der Waals surface area contributed by atoms with Crippen LogP contribution in [0, 0.1) is 6.92 Å². The van der Waals surface area contributed by atoms with Crippen LogP contribution in [0.3, 0.4) is 0 Å². The molecule has 0 radical (unpaired) electrons. The van der Waals surface area contributed by atoms with Gasteiger partial charge in [-0.1, -0.05) is 31.2 Å². The molecule has 2 aromatic rings. The third kappa shape index (κ3) is 3.68. The smallest absolute Gasteiger partial charge is 0.337 e. The van der Waals surface area contributed by atoms with E-state index < -0.39 is 5.97 Å². The lowest BCUT2D eigenvalue weighted by Gasteiger charge is -2.07. The average Bonchev–Trinajstić information content (AvgIpc) is 2.91. The van der Waals surface area contributed by atoms with E-state index in [9.17, 15) is 9.59 Å². The molecule has 0 aromatic heterocycles. The van der Waals surface area contributed by atoms with Gasteiger partial charge < -0.3 is 14.2 Å². The van der Waals surface area contributed by atoms with E-state index in [4.69, 9.17) is 14.2 Å². The second kappa shape index (κ2) is 7.54. The minimum absolute atomic E-state index is 0.144. The maximum absolute atomic E-state index is 12.7. The van der Waals surface area contributed by atoms with Gasteiger partial charge in [-0.15, -0.1) is 0 Å². The van der Waals surface area contributed by atoms with Crippen LogP contribution >= 0.6 is 0 Å². The Hall–Kier alpha value is -2.92. The first-order valence-corrected chi connectivity index (χ1v) is 8.39. The molecule has 134 valence electrons. The Morgan fingerprint density at radius 3 is 2.58 bits per heavy atom. The lowest BCUT2D eigenvalue weighted by molar-refractivity contribution is -0.138. The number of fused-ring (bicyclic) bond motifs is 1. The van der Waals surface area contributed by atoms with Crippen molar-refractivity contribution >= 4 is 17.8 Å². The van der Waals surface area contributed by atoms with Gasteiger partial charge in [0.25, 0.3) is 0 Å². The maximum Gasteiger partial charge on any atom is 0.337 e. The molecule has 3 rings (SSSR count). The standard InChI is InChI=1S/C21H20O5/c1-4-14-5-7-15(8-6-14)10-18-21(23)20-13(2)9-16(11-17(20)26-18)25-19(22)12-24-3/h5-11H,4,12H2,1-3H3/b18-10-. The Bertz CT molecular complexity index is 878. The van der Waals surface area contributed by atoms with Gasteiger partial charge in [0.2, 0.25) is 5.78 Å². The summed E-state index contributed by atoms with van der Waals surface area (Å²) in [6.07, 6.45) is 2.68. The Labute approximate surface area is 152 Å². The second-order valence-electron chi connectivity index (χ2n) is 6.06. The predicted octanol–water partition coefficient (Wildman–Crippen LogP) is 3.73. The molecular formula is C21H20O5. The van der Waals surface area contributed by atoms with Gasteiger partial charge in [-0.2, -0.15) is 0 Å². The monoisotopic (exact) mass is 352 g/mol. The molecule has 0 spiro atoms. The Kier molecular flexibility index (Phi) is 5.19. The fourth-order valence-corrected chi connectivity index (χ4v) is 2.82. The van der Waals surface area contributed by atoms with Gasteiger partial charge in [0.05, 0.1) is 5.56 Å². The third-order valence-electron chi connectivity index (χ3n) is 4.12. The topological polar surface area (TPSA) is 61.8 Å². The largest absolute Gasteiger partial charge is 0.452 e. The van der Waals surface area contributed by atoms with Gasteiger partial charge in [-0.25, -0.2) is 4.79 Å². The Balaban J connectivity index is 1.86. The van der Waals surface area contributed by atoms with E-state index in [0.717, 1.165) is 12.0 Å². The number of Topliss-reactive ketones (excluding diaryl/α,β-unsaturated/α-hetero) is 1. The number of aryl methyl sites for hydroxylation is 2. The highest BCUT2D eigenvalue weighted by Gasteiger charge is 2.30. The minimum Gasteiger partial charge on any atom is -0.452 e. The molecule has 0 bridgehead atoms. The molecule has 5 heteroatoms. The summed E-state index contributed by atoms with van der Waals surface area (Å²) < 4.78 is 15.7. The zero-order valence-electron chi connectivity index (χ0n) is 15.0. The molecule has 0 fully saturated rings. The van der Waals surface area contributed by atoms with Crippen LogP contribution in [-0.4, -0.2) is 25.5 Å². The Morgan fingerprint density at radius 1 is 1.19 bits per heavy atom. The number of benzene rings is 2. The van der Waals surface area contributed by atoms with Crippen LogP contribution in [0.4, 0.5) is 0 Å². The molecule has 0 atom stereocenters. The van der Waals surface area contributed by atoms with E-state index in [-0.39, 0.29) is 18.1 Å². The van der Waals surface area contributed by atoms with Crippen molar-refractivity contribution in [3.05, 3.63) is 64.4 Å². The molecule has 1 aliphatic rings. The predicted molar refractivity (Wildman–Crippen MR) is 97.4 cm³/mol. The number of ether oxygens (including phenoxy) is 3. The Morgan fingerprint density at radius 2 is 1.92 bits per heavy atom. The van der Waals surface area contributed by atoms with E-state index in [0.29, 0.717) is 22.6 Å². The number of methoxy groups -OCH3 is 1. The first kappa shape index (κ1) is 17.9. The number of allylic oxidation sites excluding steroid dienone is 1. The molecule has 26 heavy (non-hydrogen) atoms. The zero-order valence-corrected chi connectivity index (χ0v) is 15.0. The summed E-state index contributed by atoms with van der Waals surface area (Å²) in [6.45, 7) is 3.73. The van der Waals surface area contributed by atoms with Crippen LogP contribution in [0.25, 0.3) is 6.08 Å². The van der Waals surface area contributed by atoms with E-state index in [1.807, 2.05) is 24.3 Å². The van der Waals surface area contributed by atoms with Gasteiger partial charge >= 0.3 is 5.97 Å². The molecule has 1 heterocycles. The molecule has 0 saturated heterocycles. The van der Waals surface area contributed by atoms with Gasteiger partial charge in [0.1, 0.15) is 18.1 Å². The number of ketones is 1. The summed E-state index contributed by atoms with van der Waals surface area (Å²) in [4.78, 5) is 24.2. The second-order valence-corrected chi connectivity index (χ2v) is 6.06. The molecule has 0 N–H and O–H groups in total. The highest BCUT2D eigenvalue weighted by atomic mass is 16.6. The summed E-state index contributed by atoms with van der Waals surface area (Å²) in [5.41, 5.74) is 3.31. The fraction of sp³-hybridized carbons (Fsp3) is 0.238. The lowest BCUT2D eigenvalue weighted by atomic mass is 10.0. The van der Waals surface area contributed by atoms with Gasteiger partial charge in [0.15, 0.2) is 5.76 Å².